The smallest absolute Gasteiger partial charge is 0.222 e. The van der Waals surface area contributed by atoms with Crippen LogP contribution >= 0.6 is 11.8 Å². The summed E-state index contributed by atoms with van der Waals surface area (Å²) in [6, 6.07) is 0. The summed E-state index contributed by atoms with van der Waals surface area (Å²) in [5.41, 5.74) is 0.854. The maximum atomic E-state index is 11.8. The van der Waals surface area contributed by atoms with Crippen molar-refractivity contribution in [2.24, 2.45) is 5.92 Å². The Morgan fingerprint density at radius 2 is 1.93 bits per heavy atom. The molecule has 0 aromatic carbocycles. The second kappa shape index (κ2) is 8.91. The molecule has 0 bridgehead atoms. The van der Waals surface area contributed by atoms with E-state index in [-0.39, 0.29) is 11.8 Å². The van der Waals surface area contributed by atoms with E-state index in [1.165, 1.54) is 19.3 Å². The van der Waals surface area contributed by atoms with Gasteiger partial charge in [0.05, 0.1) is 18.1 Å². The second-order valence-corrected chi connectivity index (χ2v) is 9.14. The molecular formula is C19H30N6OS. The molecule has 0 spiro atoms. The minimum atomic E-state index is -0.0126. The molecule has 8 heteroatoms. The SMILES string of the molecule is CC(C)Sc1nc(N2CCCCC2)c2cnn(CCNC(=O)C(C)C)c2n1. The summed E-state index contributed by atoms with van der Waals surface area (Å²) >= 11 is 1.68. The first-order chi connectivity index (χ1) is 13.0. The van der Waals surface area contributed by atoms with Crippen molar-refractivity contribution in [2.45, 2.75) is 63.9 Å². The number of piperidine rings is 1. The van der Waals surface area contributed by atoms with Crippen molar-refractivity contribution in [1.29, 1.82) is 0 Å². The summed E-state index contributed by atoms with van der Waals surface area (Å²) in [7, 11) is 0. The van der Waals surface area contributed by atoms with E-state index in [1.54, 1.807) is 11.8 Å². The van der Waals surface area contributed by atoms with Crippen LogP contribution in [-0.4, -0.2) is 50.5 Å². The van der Waals surface area contributed by atoms with Gasteiger partial charge in [-0.05, 0) is 19.3 Å². The lowest BCUT2D eigenvalue weighted by atomic mass is 10.1. The van der Waals surface area contributed by atoms with Gasteiger partial charge in [0.15, 0.2) is 10.8 Å². The van der Waals surface area contributed by atoms with E-state index in [0.717, 1.165) is 35.1 Å². The van der Waals surface area contributed by atoms with Gasteiger partial charge < -0.3 is 10.2 Å². The van der Waals surface area contributed by atoms with E-state index in [2.05, 4.69) is 29.2 Å². The highest BCUT2D eigenvalue weighted by Crippen LogP contribution is 2.30. The lowest BCUT2D eigenvalue weighted by molar-refractivity contribution is -0.124. The van der Waals surface area contributed by atoms with Crippen molar-refractivity contribution in [3.05, 3.63) is 6.20 Å². The molecule has 1 amide bonds. The average Bonchev–Trinajstić information content (AvgIpc) is 3.04. The predicted octanol–water partition coefficient (Wildman–Crippen LogP) is 3.09. The zero-order valence-electron chi connectivity index (χ0n) is 16.7. The molecule has 1 saturated heterocycles. The number of anilines is 1. The third-order valence-corrected chi connectivity index (χ3v) is 5.46. The fraction of sp³-hybridized carbons (Fsp3) is 0.684. The van der Waals surface area contributed by atoms with Gasteiger partial charge in [-0.15, -0.1) is 0 Å². The number of amides is 1. The number of carbonyl (C=O) groups excluding carboxylic acids is 1. The van der Waals surface area contributed by atoms with Crippen LogP contribution in [-0.2, 0) is 11.3 Å². The number of nitrogens with zero attached hydrogens (tertiary/aromatic N) is 5. The molecule has 0 unspecified atom stereocenters. The monoisotopic (exact) mass is 390 g/mol. The highest BCUT2D eigenvalue weighted by Gasteiger charge is 2.20. The molecule has 0 saturated carbocycles. The Kier molecular flexibility index (Phi) is 6.57. The Bertz CT molecular complexity index is 782. The fourth-order valence-corrected chi connectivity index (χ4v) is 3.88. The molecule has 1 fully saturated rings. The lowest BCUT2D eigenvalue weighted by Gasteiger charge is -2.28. The van der Waals surface area contributed by atoms with Crippen LogP contribution in [0.5, 0.6) is 0 Å². The van der Waals surface area contributed by atoms with Crippen molar-refractivity contribution < 1.29 is 4.79 Å². The first-order valence-electron chi connectivity index (χ1n) is 9.88. The minimum absolute atomic E-state index is 0.0126. The van der Waals surface area contributed by atoms with Gasteiger partial charge in [0.25, 0.3) is 0 Å². The highest BCUT2D eigenvalue weighted by molar-refractivity contribution is 7.99. The van der Waals surface area contributed by atoms with Gasteiger partial charge in [-0.3, -0.25) is 4.79 Å². The van der Waals surface area contributed by atoms with Crippen LogP contribution in [0, 0.1) is 5.92 Å². The van der Waals surface area contributed by atoms with Gasteiger partial charge >= 0.3 is 0 Å². The van der Waals surface area contributed by atoms with Crippen molar-refractivity contribution >= 4 is 34.5 Å². The number of hydrogen-bond acceptors (Lipinski definition) is 6. The Balaban J connectivity index is 1.88. The zero-order chi connectivity index (χ0) is 19.4. The molecule has 2 aromatic rings. The summed E-state index contributed by atoms with van der Waals surface area (Å²) in [6.07, 6.45) is 5.56. The number of nitrogens with one attached hydrogen (secondary N) is 1. The summed E-state index contributed by atoms with van der Waals surface area (Å²) in [5.74, 6) is 1.05. The molecule has 1 N–H and O–H groups in total. The Labute approximate surface area is 165 Å². The average molecular weight is 391 g/mol. The van der Waals surface area contributed by atoms with Crippen LogP contribution in [0.1, 0.15) is 47.0 Å². The van der Waals surface area contributed by atoms with Gasteiger partial charge in [-0.25, -0.2) is 14.6 Å². The second-order valence-electron chi connectivity index (χ2n) is 7.59. The number of hydrogen-bond donors (Lipinski definition) is 1. The number of aromatic nitrogens is 4. The number of thioether (sulfide) groups is 1. The zero-order valence-corrected chi connectivity index (χ0v) is 17.6. The van der Waals surface area contributed by atoms with E-state index in [1.807, 2.05) is 24.7 Å². The molecule has 7 nitrogen and oxygen atoms in total. The third-order valence-electron chi connectivity index (χ3n) is 4.60. The first-order valence-corrected chi connectivity index (χ1v) is 10.8. The molecular weight excluding hydrogens is 360 g/mol. The molecule has 0 atom stereocenters. The lowest BCUT2D eigenvalue weighted by Crippen LogP contribution is -2.31. The van der Waals surface area contributed by atoms with Crippen LogP contribution in [0.2, 0.25) is 0 Å². The number of rotatable bonds is 7. The van der Waals surface area contributed by atoms with Gasteiger partial charge in [0.1, 0.15) is 5.82 Å². The molecule has 0 aliphatic carbocycles. The van der Waals surface area contributed by atoms with Crippen LogP contribution < -0.4 is 10.2 Å². The summed E-state index contributed by atoms with van der Waals surface area (Å²) in [4.78, 5) is 23.8. The van der Waals surface area contributed by atoms with E-state index < -0.39 is 0 Å². The molecule has 1 aliphatic rings. The molecule has 3 heterocycles. The number of carbonyl (C=O) groups is 1. The van der Waals surface area contributed by atoms with Gasteiger partial charge in [-0.2, -0.15) is 5.10 Å². The van der Waals surface area contributed by atoms with Crippen LogP contribution in [0.15, 0.2) is 11.4 Å². The van der Waals surface area contributed by atoms with E-state index in [0.29, 0.717) is 18.3 Å². The van der Waals surface area contributed by atoms with Crippen molar-refractivity contribution in [1.82, 2.24) is 25.1 Å². The first kappa shape index (κ1) is 19.9. The van der Waals surface area contributed by atoms with E-state index in [4.69, 9.17) is 9.97 Å². The largest absolute Gasteiger partial charge is 0.356 e. The normalized spacial score (nSPS) is 15.1. The summed E-state index contributed by atoms with van der Waals surface area (Å²) < 4.78 is 1.88. The Hall–Kier alpha value is -1.83. The highest BCUT2D eigenvalue weighted by atomic mass is 32.2. The van der Waals surface area contributed by atoms with Crippen LogP contribution in [0.3, 0.4) is 0 Å². The standard InChI is InChI=1S/C19H30N6OS/c1-13(2)18(26)20-8-11-25-17-15(12-21-25)16(24-9-6-5-7-10-24)22-19(23-17)27-14(3)4/h12-14H,5-11H2,1-4H3,(H,20,26). The van der Waals surface area contributed by atoms with Crippen molar-refractivity contribution in [2.75, 3.05) is 24.5 Å². The number of fused-ring (bicyclic) bond motifs is 1. The molecule has 3 rings (SSSR count). The van der Waals surface area contributed by atoms with E-state index >= 15 is 0 Å². The van der Waals surface area contributed by atoms with Gasteiger partial charge in [-0.1, -0.05) is 39.5 Å². The Morgan fingerprint density at radius 3 is 2.59 bits per heavy atom. The van der Waals surface area contributed by atoms with Gasteiger partial charge in [0, 0.05) is 30.8 Å². The molecule has 1 aliphatic heterocycles. The van der Waals surface area contributed by atoms with Crippen LogP contribution in [0.25, 0.3) is 11.0 Å². The van der Waals surface area contributed by atoms with Crippen molar-refractivity contribution in [3.63, 3.8) is 0 Å². The maximum absolute atomic E-state index is 11.8. The topological polar surface area (TPSA) is 75.9 Å². The summed E-state index contributed by atoms with van der Waals surface area (Å²) in [5, 5.41) is 9.70. The quantitative estimate of drug-likeness (QED) is 0.578. The minimum Gasteiger partial charge on any atom is -0.356 e. The van der Waals surface area contributed by atoms with Gasteiger partial charge in [0.2, 0.25) is 5.91 Å². The van der Waals surface area contributed by atoms with Crippen molar-refractivity contribution in [3.8, 4) is 0 Å². The molecule has 148 valence electrons. The molecule has 27 heavy (non-hydrogen) atoms. The predicted molar refractivity (Wildman–Crippen MR) is 110 cm³/mol. The third kappa shape index (κ3) is 4.91. The molecule has 2 aromatic heterocycles. The maximum Gasteiger partial charge on any atom is 0.222 e. The molecule has 0 radical (unpaired) electrons. The summed E-state index contributed by atoms with van der Waals surface area (Å²) in [6.45, 7) is 11.3. The Morgan fingerprint density at radius 1 is 1.19 bits per heavy atom. The fourth-order valence-electron chi connectivity index (χ4n) is 3.18. The van der Waals surface area contributed by atoms with E-state index in [9.17, 15) is 4.79 Å². The van der Waals surface area contributed by atoms with Crippen LogP contribution in [0.4, 0.5) is 5.82 Å².